The van der Waals surface area contributed by atoms with Gasteiger partial charge in [-0.2, -0.15) is 8.78 Å². The van der Waals surface area contributed by atoms with Crippen molar-refractivity contribution in [3.63, 3.8) is 0 Å². The standard InChI is InChI=1S/C22H23B5ClF2N3O4/c23-14-8-11-13(22(25,26)32(19(11)36)15-5-6-16(34)31-18(15)35)7-12(14)17(24)33(27)20(37)21(29,30)9-1-3-10(28)4-2-9/h1-4,7-8,15,17H,5-6,23-27H2,(H,31,34,35). The predicted molar refractivity (Wildman–Crippen MR) is 148 cm³/mol. The fraction of sp³-hybridized carbons (Fsp3) is 0.273. The van der Waals surface area contributed by atoms with Crippen LogP contribution in [0.15, 0.2) is 36.4 Å². The van der Waals surface area contributed by atoms with Crippen LogP contribution in [0.25, 0.3) is 0 Å². The second kappa shape index (κ2) is 9.38. The number of benzene rings is 2. The summed E-state index contributed by atoms with van der Waals surface area (Å²) in [6, 6.07) is 7.47. The number of nitrogens with one attached hydrogen (secondary N) is 1. The third-order valence-electron chi connectivity index (χ3n) is 7.47. The summed E-state index contributed by atoms with van der Waals surface area (Å²) in [6.07, 6.45) is 0.343. The zero-order chi connectivity index (χ0) is 27.4. The van der Waals surface area contributed by atoms with Gasteiger partial charge in [-0.15, -0.1) is 0 Å². The van der Waals surface area contributed by atoms with Gasteiger partial charge < -0.3 is 9.71 Å². The van der Waals surface area contributed by atoms with Gasteiger partial charge in [0.1, 0.15) is 37.4 Å². The van der Waals surface area contributed by atoms with Gasteiger partial charge in [-0.1, -0.05) is 41.3 Å². The molecular formula is C22H23B5ClF2N3O4. The van der Waals surface area contributed by atoms with Gasteiger partial charge in [-0.25, -0.2) is 0 Å². The first-order valence-electron chi connectivity index (χ1n) is 11.9. The first-order valence-corrected chi connectivity index (χ1v) is 12.3. The molecule has 0 spiro atoms. The Morgan fingerprint density at radius 2 is 1.81 bits per heavy atom. The molecule has 0 aromatic heterocycles. The van der Waals surface area contributed by atoms with E-state index in [-0.39, 0.29) is 29.7 Å². The van der Waals surface area contributed by atoms with E-state index in [9.17, 15) is 19.2 Å². The molecule has 2 aromatic rings. The normalized spacial score (nSPS) is 19.8. The van der Waals surface area contributed by atoms with Crippen molar-refractivity contribution in [2.45, 2.75) is 36.1 Å². The van der Waals surface area contributed by atoms with Crippen LogP contribution in [0, 0.1) is 0 Å². The monoisotopic (exact) mass is 521 g/mol. The van der Waals surface area contributed by atoms with Gasteiger partial charge in [0.05, 0.1) is 0 Å². The van der Waals surface area contributed by atoms with Crippen LogP contribution in [-0.4, -0.2) is 78.7 Å². The van der Waals surface area contributed by atoms with E-state index in [0.717, 1.165) is 16.9 Å². The van der Waals surface area contributed by atoms with Crippen LogP contribution in [-0.2, 0) is 25.6 Å². The van der Waals surface area contributed by atoms with Crippen LogP contribution in [0.5, 0.6) is 0 Å². The lowest BCUT2D eigenvalue weighted by Crippen LogP contribution is -2.59. The van der Waals surface area contributed by atoms with E-state index in [4.69, 9.17) is 11.6 Å². The molecule has 7 nitrogen and oxygen atoms in total. The highest BCUT2D eigenvalue weighted by Gasteiger charge is 2.49. The van der Waals surface area contributed by atoms with Gasteiger partial charge in [0.2, 0.25) is 19.8 Å². The Morgan fingerprint density at radius 1 is 1.19 bits per heavy atom. The number of hydrogen-bond acceptors (Lipinski definition) is 4. The number of imide groups is 1. The number of carbonyl (C=O) groups excluding carboxylic acids is 4. The summed E-state index contributed by atoms with van der Waals surface area (Å²) < 4.78 is 30.2. The van der Waals surface area contributed by atoms with E-state index < -0.39 is 40.6 Å². The molecule has 2 aromatic carbocycles. The minimum absolute atomic E-state index is 0.128. The highest BCUT2D eigenvalue weighted by Crippen LogP contribution is 2.39. The maximum Gasteiger partial charge on any atom is 0.348 e. The third-order valence-corrected chi connectivity index (χ3v) is 7.72. The highest BCUT2D eigenvalue weighted by molar-refractivity contribution is 6.44. The molecule has 0 radical (unpaired) electrons. The minimum atomic E-state index is -3.77. The van der Waals surface area contributed by atoms with Crippen LogP contribution in [0.1, 0.15) is 45.8 Å². The van der Waals surface area contributed by atoms with Gasteiger partial charge in [0.25, 0.3) is 11.8 Å². The topological polar surface area (TPSA) is 86.8 Å². The first kappa shape index (κ1) is 27.0. The van der Waals surface area contributed by atoms with Crippen LogP contribution in [0.2, 0.25) is 5.02 Å². The molecule has 2 heterocycles. The van der Waals surface area contributed by atoms with Crippen molar-refractivity contribution in [2.24, 2.45) is 0 Å². The lowest BCUT2D eigenvalue weighted by molar-refractivity contribution is -0.154. The van der Waals surface area contributed by atoms with Crippen molar-refractivity contribution >= 4 is 80.1 Å². The summed E-state index contributed by atoms with van der Waals surface area (Å²) in [5.74, 6) is -7.12. The largest absolute Gasteiger partial charge is 0.389 e. The molecule has 2 aliphatic rings. The smallest absolute Gasteiger partial charge is 0.348 e. The predicted octanol–water partition coefficient (Wildman–Crippen LogP) is -2.96. The number of nitrogens with zero attached hydrogens (tertiary/aromatic N) is 2. The molecule has 4 rings (SSSR count). The highest BCUT2D eigenvalue weighted by atomic mass is 35.5. The van der Waals surface area contributed by atoms with E-state index in [1.165, 1.54) is 25.0 Å². The summed E-state index contributed by atoms with van der Waals surface area (Å²) in [6.45, 7) is 0. The quantitative estimate of drug-likeness (QED) is 0.337. The molecule has 0 bridgehead atoms. The third kappa shape index (κ3) is 4.49. The molecule has 1 N–H and O–H groups in total. The van der Waals surface area contributed by atoms with Crippen molar-refractivity contribution < 1.29 is 28.0 Å². The van der Waals surface area contributed by atoms with E-state index >= 15 is 8.78 Å². The summed E-state index contributed by atoms with van der Waals surface area (Å²) in [4.78, 5) is 53.0. The Bertz CT molecular complexity index is 1330. The van der Waals surface area contributed by atoms with Crippen LogP contribution in [0.3, 0.4) is 0 Å². The molecule has 4 amide bonds. The Hall–Kier alpha value is -3.01. The maximum atomic E-state index is 15.1. The molecule has 2 aliphatic heterocycles. The minimum Gasteiger partial charge on any atom is -0.389 e. The zero-order valence-electron chi connectivity index (χ0n) is 21.2. The molecule has 186 valence electrons. The number of amides is 4. The molecule has 0 saturated carbocycles. The fourth-order valence-electron chi connectivity index (χ4n) is 5.22. The second-order valence-corrected chi connectivity index (χ2v) is 10.6. The molecule has 15 heteroatoms. The van der Waals surface area contributed by atoms with Crippen molar-refractivity contribution in [3.05, 3.63) is 63.7 Å². The lowest BCUT2D eigenvalue weighted by Gasteiger charge is -2.40. The molecule has 1 saturated heterocycles. The second-order valence-electron chi connectivity index (χ2n) is 10.1. The summed E-state index contributed by atoms with van der Waals surface area (Å²) in [7, 11) is 8.31. The molecule has 2 atom stereocenters. The zero-order valence-corrected chi connectivity index (χ0v) is 22.0. The Labute approximate surface area is 222 Å². The number of hydrogen-bond donors (Lipinski definition) is 1. The summed E-state index contributed by atoms with van der Waals surface area (Å²) in [5.41, 5.74) is 1.82. The number of piperidine rings is 1. The van der Waals surface area contributed by atoms with E-state index in [0.29, 0.717) is 22.2 Å². The van der Waals surface area contributed by atoms with Gasteiger partial charge in [0.15, 0.2) is 0 Å². The van der Waals surface area contributed by atoms with Crippen molar-refractivity contribution in [1.82, 2.24) is 15.0 Å². The summed E-state index contributed by atoms with van der Waals surface area (Å²) >= 11 is 5.80. The molecule has 2 unspecified atom stereocenters. The first-order chi connectivity index (χ1) is 17.2. The molecule has 37 heavy (non-hydrogen) atoms. The fourth-order valence-corrected chi connectivity index (χ4v) is 5.35. The summed E-state index contributed by atoms with van der Waals surface area (Å²) in [5, 5.41) is 1.67. The van der Waals surface area contributed by atoms with E-state index in [1.54, 1.807) is 43.5 Å². The van der Waals surface area contributed by atoms with Crippen molar-refractivity contribution in [1.29, 1.82) is 0 Å². The van der Waals surface area contributed by atoms with Gasteiger partial charge in [0, 0.05) is 33.8 Å². The molecule has 1 fully saturated rings. The molecular weight excluding hydrogens is 498 g/mol. The molecule has 0 aliphatic carbocycles. The van der Waals surface area contributed by atoms with Gasteiger partial charge >= 0.3 is 5.92 Å². The average Bonchev–Trinajstić information content (AvgIpc) is 3.02. The lowest BCUT2D eigenvalue weighted by atomic mass is 9.57. The maximum absolute atomic E-state index is 15.1. The SMILES string of the molecule is Bc1cc2c(cc1C(B)N(B)C(=O)C(F)(F)c1ccc(Cl)cc1)C(B)(B)N(C1CCC(=O)NC1=O)C2=O. The number of fused-ring (bicyclic) bond motifs is 1. The Balaban J connectivity index is 1.66. The van der Waals surface area contributed by atoms with Gasteiger partial charge in [-0.3, -0.25) is 24.5 Å². The Kier molecular flexibility index (Phi) is 6.86. The van der Waals surface area contributed by atoms with Gasteiger partial charge in [-0.05, 0) is 29.7 Å². The van der Waals surface area contributed by atoms with Crippen LogP contribution < -0.4 is 10.8 Å². The number of rotatable bonds is 5. The number of halogens is 3. The van der Waals surface area contributed by atoms with E-state index in [1.807, 2.05) is 0 Å². The van der Waals surface area contributed by atoms with Crippen LogP contribution in [0.4, 0.5) is 8.78 Å². The van der Waals surface area contributed by atoms with Crippen molar-refractivity contribution in [2.75, 3.05) is 0 Å². The van der Waals surface area contributed by atoms with E-state index in [2.05, 4.69) is 5.32 Å². The Morgan fingerprint density at radius 3 is 2.41 bits per heavy atom. The average molecular weight is 521 g/mol. The van der Waals surface area contributed by atoms with Crippen molar-refractivity contribution in [3.8, 4) is 0 Å². The number of carbonyl (C=O) groups is 4. The number of alkyl halides is 2. The van der Waals surface area contributed by atoms with Crippen LogP contribution >= 0.6 is 11.6 Å².